The lowest BCUT2D eigenvalue weighted by atomic mass is 10.1. The molecule has 0 unspecified atom stereocenters. The van der Waals surface area contributed by atoms with Crippen LogP contribution in [0.2, 0.25) is 0 Å². The van der Waals surface area contributed by atoms with E-state index in [9.17, 15) is 9.18 Å². The molecule has 0 spiro atoms. The molecular formula is C17H13FN2O2. The van der Waals surface area contributed by atoms with Gasteiger partial charge < -0.3 is 10.4 Å². The number of fused-ring (bicyclic) bond motifs is 1. The molecule has 0 atom stereocenters. The molecule has 5 heteroatoms. The fourth-order valence-corrected chi connectivity index (χ4v) is 2.35. The van der Waals surface area contributed by atoms with Gasteiger partial charge in [0.2, 0.25) is 0 Å². The SMILES string of the molecule is Cc1ccc(F)c2c(Nc3cccc(C(=O)O)c3)ccnc12. The number of anilines is 2. The van der Waals surface area contributed by atoms with Crippen LogP contribution in [0.15, 0.2) is 48.7 Å². The van der Waals surface area contributed by atoms with Crippen molar-refractivity contribution in [2.24, 2.45) is 0 Å². The van der Waals surface area contributed by atoms with E-state index in [0.29, 0.717) is 22.3 Å². The van der Waals surface area contributed by atoms with Crippen LogP contribution in [-0.4, -0.2) is 16.1 Å². The lowest BCUT2D eigenvalue weighted by Crippen LogP contribution is -1.99. The van der Waals surface area contributed by atoms with Crippen molar-refractivity contribution in [3.05, 3.63) is 65.6 Å². The molecule has 0 radical (unpaired) electrons. The third-order valence-corrected chi connectivity index (χ3v) is 3.43. The van der Waals surface area contributed by atoms with Crippen LogP contribution in [0.4, 0.5) is 15.8 Å². The van der Waals surface area contributed by atoms with Crippen LogP contribution in [0.5, 0.6) is 0 Å². The van der Waals surface area contributed by atoms with E-state index in [0.717, 1.165) is 5.56 Å². The molecule has 2 N–H and O–H groups in total. The highest BCUT2D eigenvalue weighted by Crippen LogP contribution is 2.29. The summed E-state index contributed by atoms with van der Waals surface area (Å²) in [5.74, 6) is -1.38. The van der Waals surface area contributed by atoms with Crippen molar-refractivity contribution in [1.82, 2.24) is 4.98 Å². The molecule has 0 aliphatic carbocycles. The summed E-state index contributed by atoms with van der Waals surface area (Å²) in [4.78, 5) is 15.2. The van der Waals surface area contributed by atoms with Crippen LogP contribution >= 0.6 is 0 Å². The first kappa shape index (κ1) is 14.0. The predicted octanol–water partition coefficient (Wildman–Crippen LogP) is 4.12. The second-order valence-electron chi connectivity index (χ2n) is 4.96. The average Bonchev–Trinajstić information content (AvgIpc) is 2.51. The van der Waals surface area contributed by atoms with Gasteiger partial charge in [-0.15, -0.1) is 0 Å². The third-order valence-electron chi connectivity index (χ3n) is 3.43. The summed E-state index contributed by atoms with van der Waals surface area (Å²) >= 11 is 0. The molecule has 0 saturated heterocycles. The van der Waals surface area contributed by atoms with Gasteiger partial charge in [-0.05, 0) is 42.8 Å². The van der Waals surface area contributed by atoms with Gasteiger partial charge in [0.1, 0.15) is 5.82 Å². The standard InChI is InChI=1S/C17H13FN2O2/c1-10-5-6-13(18)15-14(7-8-19-16(10)15)20-12-4-2-3-11(9-12)17(21)22/h2-9H,1H3,(H,19,20)(H,21,22). The van der Waals surface area contributed by atoms with Gasteiger partial charge in [0.15, 0.2) is 0 Å². The number of aromatic carboxylic acids is 1. The molecule has 0 fully saturated rings. The molecule has 22 heavy (non-hydrogen) atoms. The Morgan fingerprint density at radius 2 is 2.05 bits per heavy atom. The topological polar surface area (TPSA) is 62.2 Å². The highest BCUT2D eigenvalue weighted by Gasteiger charge is 2.10. The Hall–Kier alpha value is -2.95. The van der Waals surface area contributed by atoms with Crippen molar-refractivity contribution in [2.75, 3.05) is 5.32 Å². The monoisotopic (exact) mass is 296 g/mol. The lowest BCUT2D eigenvalue weighted by molar-refractivity contribution is 0.0697. The molecule has 110 valence electrons. The maximum atomic E-state index is 14.2. The highest BCUT2D eigenvalue weighted by atomic mass is 19.1. The number of hydrogen-bond donors (Lipinski definition) is 2. The first-order chi connectivity index (χ1) is 10.6. The molecule has 0 saturated carbocycles. The van der Waals surface area contributed by atoms with Gasteiger partial charge in [-0.2, -0.15) is 0 Å². The second-order valence-corrected chi connectivity index (χ2v) is 4.96. The fraction of sp³-hybridized carbons (Fsp3) is 0.0588. The van der Waals surface area contributed by atoms with Gasteiger partial charge in [-0.1, -0.05) is 12.1 Å². The zero-order valence-corrected chi connectivity index (χ0v) is 11.8. The Labute approximate surface area is 126 Å². The number of carboxylic acids is 1. The summed E-state index contributed by atoms with van der Waals surface area (Å²) in [7, 11) is 0. The number of carboxylic acid groups (broad SMARTS) is 1. The summed E-state index contributed by atoms with van der Waals surface area (Å²) in [6.07, 6.45) is 1.60. The van der Waals surface area contributed by atoms with Gasteiger partial charge in [-0.3, -0.25) is 4.98 Å². The molecule has 0 aliphatic heterocycles. The van der Waals surface area contributed by atoms with Crippen molar-refractivity contribution in [3.63, 3.8) is 0 Å². The zero-order chi connectivity index (χ0) is 15.7. The zero-order valence-electron chi connectivity index (χ0n) is 11.8. The molecule has 0 aliphatic rings. The van der Waals surface area contributed by atoms with Gasteiger partial charge in [-0.25, -0.2) is 9.18 Å². The molecule has 1 aromatic heterocycles. The van der Waals surface area contributed by atoms with Gasteiger partial charge in [0.25, 0.3) is 0 Å². The largest absolute Gasteiger partial charge is 0.478 e. The van der Waals surface area contributed by atoms with Crippen molar-refractivity contribution in [3.8, 4) is 0 Å². The maximum absolute atomic E-state index is 14.2. The summed E-state index contributed by atoms with van der Waals surface area (Å²) < 4.78 is 14.2. The molecule has 1 heterocycles. The molecule has 3 rings (SSSR count). The molecule has 3 aromatic rings. The molecule has 0 amide bonds. The maximum Gasteiger partial charge on any atom is 0.335 e. The summed E-state index contributed by atoms with van der Waals surface area (Å²) in [5, 5.41) is 12.5. The van der Waals surface area contributed by atoms with E-state index in [1.807, 2.05) is 6.92 Å². The quantitative estimate of drug-likeness (QED) is 0.763. The van der Waals surface area contributed by atoms with Crippen LogP contribution in [-0.2, 0) is 0 Å². The van der Waals surface area contributed by atoms with Crippen molar-refractivity contribution < 1.29 is 14.3 Å². The average molecular weight is 296 g/mol. The molecule has 4 nitrogen and oxygen atoms in total. The lowest BCUT2D eigenvalue weighted by Gasteiger charge is -2.11. The van der Waals surface area contributed by atoms with E-state index in [1.54, 1.807) is 30.5 Å². The number of aryl methyl sites for hydroxylation is 1. The van der Waals surface area contributed by atoms with Crippen LogP contribution < -0.4 is 5.32 Å². The molecule has 2 aromatic carbocycles. The Bertz CT molecular complexity index is 878. The van der Waals surface area contributed by atoms with Gasteiger partial charge in [0.05, 0.1) is 22.2 Å². The number of hydrogen-bond acceptors (Lipinski definition) is 3. The third kappa shape index (κ3) is 2.48. The van der Waals surface area contributed by atoms with E-state index in [4.69, 9.17) is 5.11 Å². The number of carbonyl (C=O) groups is 1. The Morgan fingerprint density at radius 1 is 1.23 bits per heavy atom. The predicted molar refractivity (Wildman–Crippen MR) is 83.1 cm³/mol. The number of pyridine rings is 1. The van der Waals surface area contributed by atoms with Gasteiger partial charge >= 0.3 is 5.97 Å². The number of nitrogens with zero attached hydrogens (tertiary/aromatic N) is 1. The van der Waals surface area contributed by atoms with Crippen molar-refractivity contribution >= 4 is 28.2 Å². The van der Waals surface area contributed by atoms with E-state index in [2.05, 4.69) is 10.3 Å². The van der Waals surface area contributed by atoms with E-state index in [-0.39, 0.29) is 11.4 Å². The van der Waals surface area contributed by atoms with E-state index >= 15 is 0 Å². The first-order valence-corrected chi connectivity index (χ1v) is 6.70. The minimum absolute atomic E-state index is 0.167. The summed E-state index contributed by atoms with van der Waals surface area (Å²) in [5.41, 5.74) is 2.75. The van der Waals surface area contributed by atoms with Crippen molar-refractivity contribution in [1.29, 1.82) is 0 Å². The minimum atomic E-state index is -1.01. The smallest absolute Gasteiger partial charge is 0.335 e. The number of aromatic nitrogens is 1. The second kappa shape index (κ2) is 5.44. The number of benzene rings is 2. The number of rotatable bonds is 3. The van der Waals surface area contributed by atoms with Crippen LogP contribution in [0.1, 0.15) is 15.9 Å². The van der Waals surface area contributed by atoms with Crippen LogP contribution in [0, 0.1) is 12.7 Å². The number of halogens is 1. The Balaban J connectivity index is 2.10. The highest BCUT2D eigenvalue weighted by molar-refractivity contribution is 5.95. The Morgan fingerprint density at radius 3 is 2.82 bits per heavy atom. The van der Waals surface area contributed by atoms with Crippen molar-refractivity contribution in [2.45, 2.75) is 6.92 Å². The molecular weight excluding hydrogens is 283 g/mol. The molecule has 0 bridgehead atoms. The van der Waals surface area contributed by atoms with Crippen LogP contribution in [0.25, 0.3) is 10.9 Å². The Kier molecular flexibility index (Phi) is 3.47. The van der Waals surface area contributed by atoms with E-state index < -0.39 is 5.97 Å². The van der Waals surface area contributed by atoms with Crippen LogP contribution in [0.3, 0.4) is 0 Å². The number of nitrogens with one attached hydrogen (secondary N) is 1. The van der Waals surface area contributed by atoms with E-state index in [1.165, 1.54) is 18.2 Å². The minimum Gasteiger partial charge on any atom is -0.478 e. The normalized spacial score (nSPS) is 10.6. The van der Waals surface area contributed by atoms with Gasteiger partial charge in [0, 0.05) is 11.9 Å². The first-order valence-electron chi connectivity index (χ1n) is 6.70. The summed E-state index contributed by atoms with van der Waals surface area (Å²) in [6.45, 7) is 1.86. The summed E-state index contributed by atoms with van der Waals surface area (Å²) in [6, 6.07) is 11.1. The fourth-order valence-electron chi connectivity index (χ4n) is 2.35.